The molecule has 3 heteroatoms. The van der Waals surface area contributed by atoms with Crippen molar-refractivity contribution in [2.24, 2.45) is 0 Å². The van der Waals surface area contributed by atoms with E-state index in [9.17, 15) is 4.79 Å². The van der Waals surface area contributed by atoms with E-state index in [2.05, 4.69) is 0 Å². The van der Waals surface area contributed by atoms with Gasteiger partial charge < -0.3 is 0 Å². The van der Waals surface area contributed by atoms with Crippen molar-refractivity contribution < 1.29 is 4.79 Å². The van der Waals surface area contributed by atoms with Crippen LogP contribution >= 0.6 is 23.2 Å². The van der Waals surface area contributed by atoms with Crippen molar-refractivity contribution >= 4 is 29.0 Å². The maximum absolute atomic E-state index is 11.9. The van der Waals surface area contributed by atoms with Gasteiger partial charge in [0, 0.05) is 16.5 Å². The smallest absolute Gasteiger partial charge is 0.163 e. The Morgan fingerprint density at radius 3 is 2.50 bits per heavy atom. The lowest BCUT2D eigenvalue weighted by Crippen LogP contribution is -2.05. The molecule has 1 aliphatic carbocycles. The lowest BCUT2D eigenvalue weighted by Gasteiger charge is -2.06. The van der Waals surface area contributed by atoms with Crippen molar-refractivity contribution in [3.63, 3.8) is 0 Å². The van der Waals surface area contributed by atoms with E-state index in [4.69, 9.17) is 23.2 Å². The van der Waals surface area contributed by atoms with Gasteiger partial charge in [0.25, 0.3) is 0 Å². The summed E-state index contributed by atoms with van der Waals surface area (Å²) < 4.78 is 0. The molecule has 0 heterocycles. The van der Waals surface area contributed by atoms with Crippen LogP contribution in [0.2, 0.25) is 10.0 Å². The minimum absolute atomic E-state index is 0.146. The van der Waals surface area contributed by atoms with E-state index in [1.165, 1.54) is 0 Å². The molecule has 0 amide bonds. The molecular weight excluding hydrogens is 243 g/mol. The van der Waals surface area contributed by atoms with Gasteiger partial charge in [-0.1, -0.05) is 35.3 Å². The first-order valence-electron chi connectivity index (χ1n) is 5.33. The third-order valence-electron chi connectivity index (χ3n) is 2.80. The van der Waals surface area contributed by atoms with Crippen molar-refractivity contribution in [3.8, 4) is 0 Å². The van der Waals surface area contributed by atoms with Crippen LogP contribution in [0.25, 0.3) is 0 Å². The van der Waals surface area contributed by atoms with Crippen molar-refractivity contribution in [3.05, 3.63) is 45.5 Å². The molecule has 0 N–H and O–H groups in total. The number of hydrogen-bond donors (Lipinski definition) is 0. The van der Waals surface area contributed by atoms with Gasteiger partial charge in [-0.3, -0.25) is 4.79 Å². The third-order valence-corrected chi connectivity index (χ3v) is 3.51. The molecule has 1 aromatic rings. The number of halogens is 2. The van der Waals surface area contributed by atoms with Crippen LogP contribution in [0.1, 0.15) is 24.8 Å². The molecule has 2 rings (SSSR count). The number of carbonyl (C=O) groups is 1. The SMILES string of the molecule is O=C(Cc1c(Cl)cccc1Cl)C1=CCCC1. The first kappa shape index (κ1) is 11.7. The number of benzene rings is 1. The average Bonchev–Trinajstić information content (AvgIpc) is 2.76. The maximum Gasteiger partial charge on any atom is 0.163 e. The summed E-state index contributed by atoms with van der Waals surface area (Å²) in [5.41, 5.74) is 1.67. The van der Waals surface area contributed by atoms with Gasteiger partial charge in [0.05, 0.1) is 0 Å². The minimum Gasteiger partial charge on any atom is -0.294 e. The fourth-order valence-corrected chi connectivity index (χ4v) is 2.43. The van der Waals surface area contributed by atoms with Crippen molar-refractivity contribution in [2.45, 2.75) is 25.7 Å². The van der Waals surface area contributed by atoms with E-state index in [1.807, 2.05) is 6.08 Å². The Hall–Kier alpha value is -0.790. The molecule has 0 atom stereocenters. The van der Waals surface area contributed by atoms with Crippen LogP contribution in [0.15, 0.2) is 29.8 Å². The summed E-state index contributed by atoms with van der Waals surface area (Å²) in [7, 11) is 0. The fraction of sp³-hybridized carbons (Fsp3) is 0.308. The zero-order chi connectivity index (χ0) is 11.5. The van der Waals surface area contributed by atoms with Crippen LogP contribution in [-0.4, -0.2) is 5.78 Å². The molecule has 0 bridgehead atoms. The maximum atomic E-state index is 11.9. The zero-order valence-corrected chi connectivity index (χ0v) is 10.3. The summed E-state index contributed by atoms with van der Waals surface area (Å²) in [4.78, 5) is 11.9. The van der Waals surface area contributed by atoms with Gasteiger partial charge in [0.1, 0.15) is 0 Å². The molecule has 0 saturated heterocycles. The molecule has 0 radical (unpaired) electrons. The first-order valence-corrected chi connectivity index (χ1v) is 6.09. The van der Waals surface area contributed by atoms with Crippen LogP contribution in [0, 0.1) is 0 Å². The van der Waals surface area contributed by atoms with Gasteiger partial charge in [0.15, 0.2) is 5.78 Å². The molecule has 0 unspecified atom stereocenters. The number of hydrogen-bond acceptors (Lipinski definition) is 1. The summed E-state index contributed by atoms with van der Waals surface area (Å²) in [6, 6.07) is 5.31. The lowest BCUT2D eigenvalue weighted by molar-refractivity contribution is -0.115. The highest BCUT2D eigenvalue weighted by molar-refractivity contribution is 6.36. The third kappa shape index (κ3) is 2.47. The highest BCUT2D eigenvalue weighted by Crippen LogP contribution is 2.27. The van der Waals surface area contributed by atoms with Gasteiger partial charge in [-0.05, 0) is 42.5 Å². The molecule has 0 aliphatic heterocycles. The quantitative estimate of drug-likeness (QED) is 0.790. The van der Waals surface area contributed by atoms with Crippen LogP contribution in [0.5, 0.6) is 0 Å². The van der Waals surface area contributed by atoms with Crippen LogP contribution in [0.3, 0.4) is 0 Å². The highest BCUT2D eigenvalue weighted by Gasteiger charge is 2.16. The normalized spacial score (nSPS) is 15.0. The van der Waals surface area contributed by atoms with E-state index < -0.39 is 0 Å². The Labute approximate surface area is 105 Å². The fourth-order valence-electron chi connectivity index (χ4n) is 1.90. The summed E-state index contributed by atoms with van der Waals surface area (Å²) in [5.74, 6) is 0.146. The number of allylic oxidation sites excluding steroid dienone is 2. The van der Waals surface area contributed by atoms with Gasteiger partial charge >= 0.3 is 0 Å². The lowest BCUT2D eigenvalue weighted by atomic mass is 10.0. The van der Waals surface area contributed by atoms with E-state index in [1.54, 1.807) is 18.2 Å². The molecule has 0 saturated carbocycles. The summed E-state index contributed by atoms with van der Waals surface area (Å²) in [6.45, 7) is 0. The number of carbonyl (C=O) groups excluding carboxylic acids is 1. The van der Waals surface area contributed by atoms with Gasteiger partial charge in [-0.2, -0.15) is 0 Å². The Bertz CT molecular complexity index is 429. The largest absolute Gasteiger partial charge is 0.294 e. The van der Waals surface area contributed by atoms with Crippen molar-refractivity contribution in [1.29, 1.82) is 0 Å². The first-order chi connectivity index (χ1) is 7.68. The molecule has 84 valence electrons. The average molecular weight is 255 g/mol. The Morgan fingerprint density at radius 1 is 1.25 bits per heavy atom. The number of rotatable bonds is 3. The van der Waals surface area contributed by atoms with Gasteiger partial charge in [-0.25, -0.2) is 0 Å². The Balaban J connectivity index is 2.17. The van der Waals surface area contributed by atoms with Crippen LogP contribution in [0.4, 0.5) is 0 Å². The predicted molar refractivity (Wildman–Crippen MR) is 67.1 cm³/mol. The van der Waals surface area contributed by atoms with Crippen LogP contribution in [-0.2, 0) is 11.2 Å². The Morgan fingerprint density at radius 2 is 1.94 bits per heavy atom. The second-order valence-electron chi connectivity index (χ2n) is 3.92. The van der Waals surface area contributed by atoms with Gasteiger partial charge in [0.2, 0.25) is 0 Å². The highest BCUT2D eigenvalue weighted by atomic mass is 35.5. The number of ketones is 1. The molecule has 1 aromatic carbocycles. The summed E-state index contributed by atoms with van der Waals surface area (Å²) in [6.07, 6.45) is 5.31. The molecular formula is C13H12Cl2O. The van der Waals surface area contributed by atoms with E-state index in [0.717, 1.165) is 30.4 Å². The second-order valence-corrected chi connectivity index (χ2v) is 4.74. The molecule has 1 aliphatic rings. The molecule has 0 spiro atoms. The molecule has 1 nitrogen and oxygen atoms in total. The minimum atomic E-state index is 0.146. The van der Waals surface area contributed by atoms with E-state index >= 15 is 0 Å². The number of Topliss-reactive ketones (excluding diaryl/α,β-unsaturated/α-hetero) is 1. The zero-order valence-electron chi connectivity index (χ0n) is 8.80. The second kappa shape index (κ2) is 5.03. The predicted octanol–water partition coefficient (Wildman–Crippen LogP) is 4.22. The summed E-state index contributed by atoms with van der Waals surface area (Å²) in [5, 5.41) is 1.14. The molecule has 0 aromatic heterocycles. The Kier molecular flexibility index (Phi) is 3.67. The monoisotopic (exact) mass is 254 g/mol. The molecule has 16 heavy (non-hydrogen) atoms. The van der Waals surface area contributed by atoms with E-state index in [-0.39, 0.29) is 5.78 Å². The van der Waals surface area contributed by atoms with Crippen molar-refractivity contribution in [1.82, 2.24) is 0 Å². The topological polar surface area (TPSA) is 17.1 Å². The molecule has 0 fully saturated rings. The summed E-state index contributed by atoms with van der Waals surface area (Å²) >= 11 is 12.0. The van der Waals surface area contributed by atoms with Gasteiger partial charge in [-0.15, -0.1) is 0 Å². The standard InChI is InChI=1S/C13H12Cl2O/c14-11-6-3-7-12(15)10(11)8-13(16)9-4-1-2-5-9/h3-4,6-7H,1-2,5,8H2. The van der Waals surface area contributed by atoms with E-state index in [0.29, 0.717) is 16.5 Å². The van der Waals surface area contributed by atoms with Crippen molar-refractivity contribution in [2.75, 3.05) is 0 Å². The van der Waals surface area contributed by atoms with Crippen LogP contribution < -0.4 is 0 Å².